The van der Waals surface area contributed by atoms with Crippen LogP contribution in [-0.2, 0) is 0 Å². The van der Waals surface area contributed by atoms with Gasteiger partial charge in [0.1, 0.15) is 0 Å². The molecule has 2 heteroatoms. The van der Waals surface area contributed by atoms with E-state index in [0.717, 1.165) is 24.7 Å². The van der Waals surface area contributed by atoms with Gasteiger partial charge in [0.15, 0.2) is 0 Å². The molecule has 0 aromatic heterocycles. The van der Waals surface area contributed by atoms with Gasteiger partial charge in [0.05, 0.1) is 0 Å². The van der Waals surface area contributed by atoms with E-state index < -0.39 is 0 Å². The lowest BCUT2D eigenvalue weighted by Gasteiger charge is -2.37. The summed E-state index contributed by atoms with van der Waals surface area (Å²) >= 11 is 0. The number of hydrogen-bond donors (Lipinski definition) is 1. The molecule has 0 amide bonds. The lowest BCUT2D eigenvalue weighted by atomic mass is 9.90. The van der Waals surface area contributed by atoms with Crippen molar-refractivity contribution in [2.45, 2.75) is 76.9 Å². The van der Waals surface area contributed by atoms with Crippen LogP contribution in [0.5, 0.6) is 0 Å². The summed E-state index contributed by atoms with van der Waals surface area (Å²) in [5, 5.41) is 3.60. The van der Waals surface area contributed by atoms with Crippen LogP contribution in [0.15, 0.2) is 0 Å². The highest BCUT2D eigenvalue weighted by Crippen LogP contribution is 2.33. The maximum atomic E-state index is 3.60. The van der Waals surface area contributed by atoms with Crippen LogP contribution in [0.2, 0.25) is 0 Å². The average molecular weight is 224 g/mol. The van der Waals surface area contributed by atoms with Gasteiger partial charge in [-0.15, -0.1) is 0 Å². The van der Waals surface area contributed by atoms with E-state index in [1.54, 1.807) is 0 Å². The summed E-state index contributed by atoms with van der Waals surface area (Å²) in [6.45, 7) is 7.01. The van der Waals surface area contributed by atoms with Gasteiger partial charge in [-0.1, -0.05) is 13.8 Å². The quantitative estimate of drug-likeness (QED) is 0.746. The summed E-state index contributed by atoms with van der Waals surface area (Å²) in [6.07, 6.45) is 9.89. The van der Waals surface area contributed by atoms with Gasteiger partial charge in [0.2, 0.25) is 0 Å². The van der Waals surface area contributed by atoms with Crippen molar-refractivity contribution in [1.82, 2.24) is 10.2 Å². The first-order valence-corrected chi connectivity index (χ1v) is 7.34. The Labute approximate surface area is 101 Å². The minimum Gasteiger partial charge on any atom is -0.314 e. The van der Waals surface area contributed by atoms with E-state index in [9.17, 15) is 0 Å². The molecule has 0 aromatic rings. The molecular formula is C14H28N2. The zero-order valence-electron chi connectivity index (χ0n) is 11.0. The number of nitrogens with one attached hydrogen (secondary N) is 1. The monoisotopic (exact) mass is 224 g/mol. The highest BCUT2D eigenvalue weighted by atomic mass is 15.2. The van der Waals surface area contributed by atoms with Crippen molar-refractivity contribution in [3.05, 3.63) is 0 Å². The van der Waals surface area contributed by atoms with Gasteiger partial charge < -0.3 is 5.32 Å². The average Bonchev–Trinajstić information content (AvgIpc) is 3.12. The molecule has 0 aromatic carbocycles. The molecule has 0 heterocycles. The zero-order valence-corrected chi connectivity index (χ0v) is 11.0. The van der Waals surface area contributed by atoms with Crippen LogP contribution < -0.4 is 5.32 Å². The maximum absolute atomic E-state index is 3.60. The Morgan fingerprint density at radius 3 is 1.94 bits per heavy atom. The van der Waals surface area contributed by atoms with Gasteiger partial charge >= 0.3 is 0 Å². The Morgan fingerprint density at radius 1 is 0.938 bits per heavy atom. The lowest BCUT2D eigenvalue weighted by Crippen LogP contribution is -2.43. The molecule has 2 rings (SSSR count). The van der Waals surface area contributed by atoms with Crippen LogP contribution in [0.1, 0.15) is 58.8 Å². The van der Waals surface area contributed by atoms with E-state index >= 15 is 0 Å². The minimum absolute atomic E-state index is 0.809. The molecule has 0 radical (unpaired) electrons. The van der Waals surface area contributed by atoms with Crippen LogP contribution in [0.25, 0.3) is 0 Å². The fraction of sp³-hybridized carbons (Fsp3) is 1.00. The van der Waals surface area contributed by atoms with Crippen molar-refractivity contribution in [1.29, 1.82) is 0 Å². The first-order valence-electron chi connectivity index (χ1n) is 7.34. The van der Waals surface area contributed by atoms with Gasteiger partial charge in [-0.2, -0.15) is 0 Å². The van der Waals surface area contributed by atoms with Gasteiger partial charge in [-0.3, -0.25) is 4.90 Å². The summed E-state index contributed by atoms with van der Waals surface area (Å²) in [5.74, 6) is 0. The smallest absolute Gasteiger partial charge is 0.00993 e. The molecule has 0 atom stereocenters. The Kier molecular flexibility index (Phi) is 4.66. The summed E-state index contributed by atoms with van der Waals surface area (Å²) in [7, 11) is 0. The standard InChI is InChI=1S/C14H28N2/c1-3-11-16(14-9-10-14)13-7-5-12(6-8-13)15-4-2/h12-15H,3-11H2,1-2H3. The first-order chi connectivity index (χ1) is 7.85. The van der Waals surface area contributed by atoms with Gasteiger partial charge in [0.25, 0.3) is 0 Å². The van der Waals surface area contributed by atoms with Gasteiger partial charge in [-0.05, 0) is 58.0 Å². The van der Waals surface area contributed by atoms with Crippen molar-refractivity contribution in [3.8, 4) is 0 Å². The normalized spacial score (nSPS) is 30.9. The molecule has 2 aliphatic carbocycles. The number of hydrogen-bond acceptors (Lipinski definition) is 2. The molecule has 0 bridgehead atoms. The second kappa shape index (κ2) is 6.02. The number of rotatable bonds is 6. The Bertz CT molecular complexity index is 193. The number of nitrogens with zero attached hydrogens (tertiary/aromatic N) is 1. The third-order valence-electron chi connectivity index (χ3n) is 4.16. The Morgan fingerprint density at radius 2 is 1.50 bits per heavy atom. The van der Waals surface area contributed by atoms with E-state index in [1.165, 1.54) is 51.5 Å². The van der Waals surface area contributed by atoms with Crippen LogP contribution in [0.3, 0.4) is 0 Å². The Hall–Kier alpha value is -0.0800. The van der Waals surface area contributed by atoms with Crippen molar-refractivity contribution in [2.24, 2.45) is 0 Å². The van der Waals surface area contributed by atoms with E-state index in [-0.39, 0.29) is 0 Å². The molecule has 1 N–H and O–H groups in total. The maximum Gasteiger partial charge on any atom is 0.00993 e. The van der Waals surface area contributed by atoms with Crippen LogP contribution >= 0.6 is 0 Å². The molecule has 2 nitrogen and oxygen atoms in total. The van der Waals surface area contributed by atoms with Crippen molar-refractivity contribution in [3.63, 3.8) is 0 Å². The largest absolute Gasteiger partial charge is 0.314 e. The third kappa shape index (κ3) is 3.21. The lowest BCUT2D eigenvalue weighted by molar-refractivity contribution is 0.135. The van der Waals surface area contributed by atoms with Crippen LogP contribution in [0.4, 0.5) is 0 Å². The van der Waals surface area contributed by atoms with E-state index in [4.69, 9.17) is 0 Å². The Balaban J connectivity index is 1.77. The van der Waals surface area contributed by atoms with Crippen molar-refractivity contribution >= 4 is 0 Å². The molecule has 2 saturated carbocycles. The molecule has 0 saturated heterocycles. The topological polar surface area (TPSA) is 15.3 Å². The molecule has 2 aliphatic rings. The molecule has 0 spiro atoms. The summed E-state index contributed by atoms with van der Waals surface area (Å²) in [5.41, 5.74) is 0. The van der Waals surface area contributed by atoms with E-state index in [1.807, 2.05) is 0 Å². The van der Waals surface area contributed by atoms with Gasteiger partial charge in [0, 0.05) is 18.1 Å². The zero-order chi connectivity index (χ0) is 11.4. The van der Waals surface area contributed by atoms with E-state index in [0.29, 0.717) is 0 Å². The van der Waals surface area contributed by atoms with Crippen molar-refractivity contribution in [2.75, 3.05) is 13.1 Å². The summed E-state index contributed by atoms with van der Waals surface area (Å²) in [6, 6.07) is 2.67. The predicted octanol–water partition coefficient (Wildman–Crippen LogP) is 2.78. The van der Waals surface area contributed by atoms with Crippen LogP contribution in [-0.4, -0.2) is 36.1 Å². The highest BCUT2D eigenvalue weighted by molar-refractivity contribution is 4.91. The predicted molar refractivity (Wildman–Crippen MR) is 69.7 cm³/mol. The minimum atomic E-state index is 0.809. The summed E-state index contributed by atoms with van der Waals surface area (Å²) < 4.78 is 0. The second-order valence-electron chi connectivity index (χ2n) is 5.53. The molecule has 0 aliphatic heterocycles. The molecule has 0 unspecified atom stereocenters. The highest BCUT2D eigenvalue weighted by Gasteiger charge is 2.34. The van der Waals surface area contributed by atoms with E-state index in [2.05, 4.69) is 24.1 Å². The second-order valence-corrected chi connectivity index (χ2v) is 5.53. The molecule has 16 heavy (non-hydrogen) atoms. The SMILES string of the molecule is CCCN(C1CCC(NCC)CC1)C1CC1. The fourth-order valence-corrected chi connectivity index (χ4v) is 3.23. The molecule has 94 valence electrons. The summed E-state index contributed by atoms with van der Waals surface area (Å²) in [4.78, 5) is 2.82. The van der Waals surface area contributed by atoms with Gasteiger partial charge in [-0.25, -0.2) is 0 Å². The third-order valence-corrected chi connectivity index (χ3v) is 4.16. The first kappa shape index (κ1) is 12.4. The molecule has 2 fully saturated rings. The molecular weight excluding hydrogens is 196 g/mol. The fourth-order valence-electron chi connectivity index (χ4n) is 3.23. The van der Waals surface area contributed by atoms with Crippen LogP contribution in [0, 0.1) is 0 Å². The van der Waals surface area contributed by atoms with Crippen molar-refractivity contribution < 1.29 is 0 Å².